The molecule has 0 N–H and O–H groups in total. The molecule has 1 aromatic rings. The molecule has 3 nitrogen and oxygen atoms in total. The number of methoxy groups -OCH3 is 2. The molecule has 0 unspecified atom stereocenters. The van der Waals surface area contributed by atoms with Crippen LogP contribution < -0.4 is 9.47 Å². The first-order chi connectivity index (χ1) is 12.6. The van der Waals surface area contributed by atoms with Gasteiger partial charge >= 0.3 is 0 Å². The molecule has 4 bridgehead atoms. The van der Waals surface area contributed by atoms with Gasteiger partial charge in [-0.1, -0.05) is 6.07 Å². The number of hydrogen-bond acceptors (Lipinski definition) is 3. The van der Waals surface area contributed by atoms with Gasteiger partial charge in [0.05, 0.1) is 14.2 Å². The zero-order chi connectivity index (χ0) is 18.3. The number of rotatable bonds is 7. The summed E-state index contributed by atoms with van der Waals surface area (Å²) >= 11 is 0. The van der Waals surface area contributed by atoms with Crippen LogP contribution in [0.25, 0.3) is 0 Å². The van der Waals surface area contributed by atoms with Gasteiger partial charge in [-0.05, 0) is 99.8 Å². The number of hydrogen-bond donors (Lipinski definition) is 0. The zero-order valence-corrected chi connectivity index (χ0v) is 16.9. The lowest BCUT2D eigenvalue weighted by molar-refractivity contribution is -0.0666. The van der Waals surface area contributed by atoms with Gasteiger partial charge in [0.2, 0.25) is 0 Å². The van der Waals surface area contributed by atoms with Gasteiger partial charge in [0.1, 0.15) is 0 Å². The van der Waals surface area contributed by atoms with Crippen LogP contribution in [0.5, 0.6) is 11.5 Å². The molecule has 0 heterocycles. The predicted molar refractivity (Wildman–Crippen MR) is 106 cm³/mol. The van der Waals surface area contributed by atoms with E-state index in [9.17, 15) is 0 Å². The first-order valence-electron chi connectivity index (χ1n) is 10.5. The second-order valence-corrected chi connectivity index (χ2v) is 9.17. The Labute approximate surface area is 159 Å². The van der Waals surface area contributed by atoms with Crippen LogP contribution in [0.1, 0.15) is 44.6 Å². The monoisotopic (exact) mass is 357 g/mol. The van der Waals surface area contributed by atoms with Gasteiger partial charge in [-0.15, -0.1) is 0 Å². The largest absolute Gasteiger partial charge is 0.493 e. The standard InChI is InChI=1S/C23H35NO2/c1-15(23-19-10-17-9-18(12-19)13-20(23)11-17)24(2)8-7-16-5-6-21(25-3)22(14-16)26-4/h5-6,14-15,17-20,23H,7-13H2,1-4H3/t15-,17?,18?,19?,20?,23?/m1/s1. The summed E-state index contributed by atoms with van der Waals surface area (Å²) in [5.74, 6) is 6.72. The Balaban J connectivity index is 1.37. The van der Waals surface area contributed by atoms with E-state index in [2.05, 4.69) is 31.0 Å². The van der Waals surface area contributed by atoms with Crippen molar-refractivity contribution in [2.75, 3.05) is 27.8 Å². The molecule has 0 aliphatic heterocycles. The molecule has 26 heavy (non-hydrogen) atoms. The summed E-state index contributed by atoms with van der Waals surface area (Å²) in [7, 11) is 5.73. The third-order valence-electron chi connectivity index (χ3n) is 7.75. The summed E-state index contributed by atoms with van der Waals surface area (Å²) in [5, 5.41) is 0. The molecule has 0 radical (unpaired) electrons. The maximum atomic E-state index is 5.45. The number of benzene rings is 1. The fourth-order valence-corrected chi connectivity index (χ4v) is 6.59. The first-order valence-corrected chi connectivity index (χ1v) is 10.5. The average molecular weight is 358 g/mol. The molecule has 1 atom stereocenters. The third kappa shape index (κ3) is 3.35. The molecule has 0 spiro atoms. The predicted octanol–water partition coefficient (Wildman–Crippen LogP) is 4.64. The Morgan fingerprint density at radius 3 is 2.15 bits per heavy atom. The summed E-state index contributed by atoms with van der Waals surface area (Å²) in [6, 6.07) is 7.02. The van der Waals surface area contributed by atoms with Crippen LogP contribution in [0.2, 0.25) is 0 Å². The second-order valence-electron chi connectivity index (χ2n) is 9.17. The molecule has 4 saturated carbocycles. The van der Waals surface area contributed by atoms with Crippen molar-refractivity contribution in [2.24, 2.45) is 29.6 Å². The molecule has 4 fully saturated rings. The van der Waals surface area contributed by atoms with Gasteiger partial charge in [-0.2, -0.15) is 0 Å². The van der Waals surface area contributed by atoms with E-state index in [0.29, 0.717) is 6.04 Å². The van der Waals surface area contributed by atoms with Crippen molar-refractivity contribution < 1.29 is 9.47 Å². The van der Waals surface area contributed by atoms with Crippen molar-refractivity contribution in [1.82, 2.24) is 4.90 Å². The average Bonchev–Trinajstić information content (AvgIpc) is 2.64. The topological polar surface area (TPSA) is 21.7 Å². The molecule has 144 valence electrons. The van der Waals surface area contributed by atoms with Crippen LogP contribution in [0, 0.1) is 29.6 Å². The quantitative estimate of drug-likeness (QED) is 0.710. The van der Waals surface area contributed by atoms with E-state index in [4.69, 9.17) is 9.47 Å². The summed E-state index contributed by atoms with van der Waals surface area (Å²) < 4.78 is 10.8. The minimum atomic E-state index is 0.699. The highest BCUT2D eigenvalue weighted by Crippen LogP contribution is 2.57. The maximum absolute atomic E-state index is 5.45. The minimum Gasteiger partial charge on any atom is -0.493 e. The summed E-state index contributed by atoms with van der Waals surface area (Å²) in [4.78, 5) is 2.61. The molecule has 1 aromatic carbocycles. The Morgan fingerprint density at radius 1 is 0.962 bits per heavy atom. The Bertz CT molecular complexity index is 601. The molecule has 4 aliphatic rings. The third-order valence-corrected chi connectivity index (χ3v) is 7.75. The van der Waals surface area contributed by atoms with Gasteiger partial charge < -0.3 is 14.4 Å². The van der Waals surface area contributed by atoms with E-state index in [1.165, 1.54) is 31.2 Å². The second kappa shape index (κ2) is 7.42. The van der Waals surface area contributed by atoms with Crippen LogP contribution in [-0.4, -0.2) is 38.8 Å². The lowest BCUT2D eigenvalue weighted by Crippen LogP contribution is -2.52. The molecular formula is C23H35NO2. The summed E-state index contributed by atoms with van der Waals surface area (Å²) in [6.07, 6.45) is 8.69. The number of nitrogens with zero attached hydrogens (tertiary/aromatic N) is 1. The fraction of sp³-hybridized carbons (Fsp3) is 0.739. The van der Waals surface area contributed by atoms with E-state index < -0.39 is 0 Å². The highest BCUT2D eigenvalue weighted by Gasteiger charge is 2.50. The molecule has 5 rings (SSSR count). The number of likely N-dealkylation sites (N-methyl/N-ethyl adjacent to an activating group) is 1. The van der Waals surface area contributed by atoms with Crippen molar-refractivity contribution >= 4 is 0 Å². The molecular weight excluding hydrogens is 322 g/mol. The van der Waals surface area contributed by atoms with E-state index in [-0.39, 0.29) is 0 Å². The van der Waals surface area contributed by atoms with Crippen molar-refractivity contribution in [3.8, 4) is 11.5 Å². The fourth-order valence-electron chi connectivity index (χ4n) is 6.59. The van der Waals surface area contributed by atoms with Gasteiger partial charge in [0, 0.05) is 12.6 Å². The maximum Gasteiger partial charge on any atom is 0.160 e. The van der Waals surface area contributed by atoms with Crippen LogP contribution in [-0.2, 0) is 6.42 Å². The van der Waals surface area contributed by atoms with Gasteiger partial charge in [-0.25, -0.2) is 0 Å². The van der Waals surface area contributed by atoms with Crippen molar-refractivity contribution in [2.45, 2.75) is 51.5 Å². The normalized spacial score (nSPS) is 33.5. The van der Waals surface area contributed by atoms with E-state index in [1.807, 2.05) is 6.07 Å². The zero-order valence-electron chi connectivity index (χ0n) is 16.9. The van der Waals surface area contributed by atoms with Crippen LogP contribution >= 0.6 is 0 Å². The SMILES string of the molecule is COc1ccc(CCN(C)[C@H](C)C2C3CC4CC(C3)CC2C4)cc1OC. The van der Waals surface area contributed by atoms with Gasteiger partial charge in [0.15, 0.2) is 11.5 Å². The Morgan fingerprint density at radius 2 is 1.58 bits per heavy atom. The van der Waals surface area contributed by atoms with Gasteiger partial charge in [-0.3, -0.25) is 0 Å². The lowest BCUT2D eigenvalue weighted by Gasteiger charge is -2.57. The number of ether oxygens (including phenoxy) is 2. The Hall–Kier alpha value is -1.22. The van der Waals surface area contributed by atoms with Crippen molar-refractivity contribution in [1.29, 1.82) is 0 Å². The van der Waals surface area contributed by atoms with Crippen molar-refractivity contribution in [3.05, 3.63) is 23.8 Å². The van der Waals surface area contributed by atoms with Crippen LogP contribution in [0.15, 0.2) is 18.2 Å². The highest BCUT2D eigenvalue weighted by atomic mass is 16.5. The Kier molecular flexibility index (Phi) is 5.18. The summed E-state index contributed by atoms with van der Waals surface area (Å²) in [5.41, 5.74) is 1.33. The molecule has 4 aliphatic carbocycles. The molecule has 0 aromatic heterocycles. The van der Waals surface area contributed by atoms with Crippen LogP contribution in [0.4, 0.5) is 0 Å². The van der Waals surface area contributed by atoms with E-state index in [1.54, 1.807) is 20.6 Å². The van der Waals surface area contributed by atoms with E-state index >= 15 is 0 Å². The molecule has 0 amide bonds. The van der Waals surface area contributed by atoms with Crippen LogP contribution in [0.3, 0.4) is 0 Å². The molecule has 3 heteroatoms. The van der Waals surface area contributed by atoms with E-state index in [0.717, 1.165) is 54.1 Å². The van der Waals surface area contributed by atoms with Crippen molar-refractivity contribution in [3.63, 3.8) is 0 Å². The minimum absolute atomic E-state index is 0.699. The smallest absolute Gasteiger partial charge is 0.160 e. The first kappa shape index (κ1) is 18.2. The van der Waals surface area contributed by atoms with Gasteiger partial charge in [0.25, 0.3) is 0 Å². The summed E-state index contributed by atoms with van der Waals surface area (Å²) in [6.45, 7) is 3.60. The molecule has 0 saturated heterocycles. The highest BCUT2D eigenvalue weighted by molar-refractivity contribution is 5.42. The lowest BCUT2D eigenvalue weighted by atomic mass is 9.50.